The molecule has 1 amide bonds. The molecule has 1 aliphatic heterocycles. The van der Waals surface area contributed by atoms with Crippen molar-refractivity contribution in [3.8, 4) is 0 Å². The van der Waals surface area contributed by atoms with Crippen molar-refractivity contribution in [2.45, 2.75) is 26.7 Å². The summed E-state index contributed by atoms with van der Waals surface area (Å²) in [6, 6.07) is 10.2. The molecule has 0 saturated carbocycles. The number of rotatable bonds is 4. The first-order valence-corrected chi connectivity index (χ1v) is 8.38. The average Bonchev–Trinajstić information content (AvgIpc) is 3.12. The number of hydrogen-bond acceptors (Lipinski definition) is 4. The van der Waals surface area contributed by atoms with Crippen LogP contribution >= 0.6 is 0 Å². The van der Waals surface area contributed by atoms with Crippen molar-refractivity contribution in [2.75, 3.05) is 23.3 Å². The van der Waals surface area contributed by atoms with Gasteiger partial charge in [0.2, 0.25) is 0 Å². The second kappa shape index (κ2) is 6.93. The van der Waals surface area contributed by atoms with Gasteiger partial charge in [-0.25, -0.2) is 0 Å². The summed E-state index contributed by atoms with van der Waals surface area (Å²) in [4.78, 5) is 25.6. The van der Waals surface area contributed by atoms with Crippen LogP contribution in [0.5, 0.6) is 0 Å². The first kappa shape index (κ1) is 17.0. The summed E-state index contributed by atoms with van der Waals surface area (Å²) in [5.41, 5.74) is 3.82. The van der Waals surface area contributed by atoms with Crippen LogP contribution in [0, 0.1) is 24.0 Å². The van der Waals surface area contributed by atoms with Gasteiger partial charge in [-0.3, -0.25) is 14.9 Å². The number of nitro benzene ring substituents is 1. The number of nitrogens with one attached hydrogen (secondary N) is 1. The number of hydrogen-bond donors (Lipinski definition) is 1. The number of benzene rings is 2. The van der Waals surface area contributed by atoms with Crippen molar-refractivity contribution in [3.63, 3.8) is 0 Å². The molecule has 1 saturated heterocycles. The molecule has 0 bridgehead atoms. The average molecular weight is 339 g/mol. The molecule has 25 heavy (non-hydrogen) atoms. The Bertz CT molecular complexity index is 827. The molecule has 6 heteroatoms. The Hall–Kier alpha value is -2.89. The molecule has 130 valence electrons. The highest BCUT2D eigenvalue weighted by Crippen LogP contribution is 2.29. The van der Waals surface area contributed by atoms with Gasteiger partial charge >= 0.3 is 0 Å². The number of aryl methyl sites for hydroxylation is 1. The van der Waals surface area contributed by atoms with E-state index in [1.165, 1.54) is 12.1 Å². The first-order chi connectivity index (χ1) is 12.0. The lowest BCUT2D eigenvalue weighted by molar-refractivity contribution is -0.384. The van der Waals surface area contributed by atoms with Crippen LogP contribution in [0.3, 0.4) is 0 Å². The highest BCUT2D eigenvalue weighted by atomic mass is 16.6. The molecule has 1 N–H and O–H groups in total. The molecule has 0 aromatic heterocycles. The predicted octanol–water partition coefficient (Wildman–Crippen LogP) is 4.06. The summed E-state index contributed by atoms with van der Waals surface area (Å²) in [6.45, 7) is 5.65. The third-order valence-corrected chi connectivity index (χ3v) is 4.74. The summed E-state index contributed by atoms with van der Waals surface area (Å²) in [6.07, 6.45) is 2.13. The highest BCUT2D eigenvalue weighted by Gasteiger charge is 2.23. The zero-order valence-electron chi connectivity index (χ0n) is 14.4. The topological polar surface area (TPSA) is 75.5 Å². The van der Waals surface area contributed by atoms with E-state index >= 15 is 0 Å². The monoisotopic (exact) mass is 339 g/mol. The summed E-state index contributed by atoms with van der Waals surface area (Å²) in [5.74, 6) is -0.320. The Morgan fingerprint density at radius 3 is 2.56 bits per heavy atom. The second-order valence-electron chi connectivity index (χ2n) is 6.35. The van der Waals surface area contributed by atoms with Crippen molar-refractivity contribution in [1.29, 1.82) is 0 Å². The third-order valence-electron chi connectivity index (χ3n) is 4.74. The van der Waals surface area contributed by atoms with Crippen molar-refractivity contribution in [2.24, 2.45) is 0 Å². The summed E-state index contributed by atoms with van der Waals surface area (Å²) in [5, 5.41) is 14.0. The standard InChI is InChI=1S/C19H21N3O3/c1-13-6-5-7-17(14(13)2)20-19(23)16-12-15(22(24)25)8-9-18(16)21-10-3-4-11-21/h5-9,12H,3-4,10-11H2,1-2H3,(H,20,23). The number of non-ortho nitro benzene ring substituents is 1. The molecular weight excluding hydrogens is 318 g/mol. The molecule has 0 aliphatic carbocycles. The Morgan fingerprint density at radius 1 is 1.16 bits per heavy atom. The summed E-state index contributed by atoms with van der Waals surface area (Å²) in [7, 11) is 0. The minimum Gasteiger partial charge on any atom is -0.371 e. The zero-order valence-corrected chi connectivity index (χ0v) is 14.4. The molecule has 1 fully saturated rings. The molecule has 0 atom stereocenters. The number of carbonyl (C=O) groups is 1. The Kier molecular flexibility index (Phi) is 4.70. The minimum atomic E-state index is -0.470. The quantitative estimate of drug-likeness (QED) is 0.673. The highest BCUT2D eigenvalue weighted by molar-refractivity contribution is 6.09. The van der Waals surface area contributed by atoms with Crippen LogP contribution < -0.4 is 10.2 Å². The maximum Gasteiger partial charge on any atom is 0.270 e. The molecule has 2 aromatic carbocycles. The normalized spacial score (nSPS) is 13.8. The van der Waals surface area contributed by atoms with Gasteiger partial charge in [0.05, 0.1) is 16.2 Å². The van der Waals surface area contributed by atoms with E-state index in [0.717, 1.165) is 48.4 Å². The van der Waals surface area contributed by atoms with E-state index in [-0.39, 0.29) is 11.6 Å². The Balaban J connectivity index is 1.98. The molecule has 0 spiro atoms. The van der Waals surface area contributed by atoms with Crippen LogP contribution in [0.15, 0.2) is 36.4 Å². The minimum absolute atomic E-state index is 0.0749. The second-order valence-corrected chi connectivity index (χ2v) is 6.35. The van der Waals surface area contributed by atoms with Gasteiger partial charge in [0.1, 0.15) is 0 Å². The first-order valence-electron chi connectivity index (χ1n) is 8.38. The van der Waals surface area contributed by atoms with Crippen LogP contribution in [-0.2, 0) is 0 Å². The van der Waals surface area contributed by atoms with Gasteiger partial charge in [0.15, 0.2) is 0 Å². The summed E-state index contributed by atoms with van der Waals surface area (Å²) >= 11 is 0. The molecular formula is C19H21N3O3. The molecule has 0 unspecified atom stereocenters. The lowest BCUT2D eigenvalue weighted by Gasteiger charge is -2.21. The Labute approximate surface area is 146 Å². The SMILES string of the molecule is Cc1cccc(NC(=O)c2cc([N+](=O)[O-])ccc2N2CCCC2)c1C. The maximum atomic E-state index is 12.9. The zero-order chi connectivity index (χ0) is 18.0. The fourth-order valence-corrected chi connectivity index (χ4v) is 3.13. The number of amides is 1. The Morgan fingerprint density at radius 2 is 1.88 bits per heavy atom. The van der Waals surface area contributed by atoms with E-state index in [4.69, 9.17) is 0 Å². The van der Waals surface area contributed by atoms with Crippen molar-refractivity contribution >= 4 is 23.0 Å². The van der Waals surface area contributed by atoms with Crippen LogP contribution in [0.2, 0.25) is 0 Å². The van der Waals surface area contributed by atoms with Gasteiger partial charge in [-0.15, -0.1) is 0 Å². The third kappa shape index (κ3) is 3.47. The van der Waals surface area contributed by atoms with E-state index in [1.807, 2.05) is 32.0 Å². The molecule has 1 heterocycles. The van der Waals surface area contributed by atoms with Crippen LogP contribution in [0.25, 0.3) is 0 Å². The van der Waals surface area contributed by atoms with E-state index in [1.54, 1.807) is 6.07 Å². The molecule has 0 radical (unpaired) electrons. The van der Waals surface area contributed by atoms with E-state index < -0.39 is 4.92 Å². The van der Waals surface area contributed by atoms with E-state index in [9.17, 15) is 14.9 Å². The van der Waals surface area contributed by atoms with Gasteiger partial charge in [0.25, 0.3) is 11.6 Å². The smallest absolute Gasteiger partial charge is 0.270 e. The lowest BCUT2D eigenvalue weighted by atomic mass is 10.1. The molecule has 6 nitrogen and oxygen atoms in total. The number of carbonyl (C=O) groups excluding carboxylic acids is 1. The van der Waals surface area contributed by atoms with Crippen molar-refractivity contribution in [3.05, 3.63) is 63.2 Å². The van der Waals surface area contributed by atoms with E-state index in [0.29, 0.717) is 5.56 Å². The fourth-order valence-electron chi connectivity index (χ4n) is 3.13. The predicted molar refractivity (Wildman–Crippen MR) is 98.4 cm³/mol. The molecule has 1 aliphatic rings. The number of nitro groups is 1. The lowest BCUT2D eigenvalue weighted by Crippen LogP contribution is -2.23. The van der Waals surface area contributed by atoms with Gasteiger partial charge in [0, 0.05) is 30.9 Å². The largest absolute Gasteiger partial charge is 0.371 e. The van der Waals surface area contributed by atoms with Crippen LogP contribution in [-0.4, -0.2) is 23.9 Å². The van der Waals surface area contributed by atoms with Crippen molar-refractivity contribution < 1.29 is 9.72 Å². The van der Waals surface area contributed by atoms with Gasteiger partial charge in [-0.05, 0) is 49.9 Å². The van der Waals surface area contributed by atoms with E-state index in [2.05, 4.69) is 10.2 Å². The number of nitrogens with zero attached hydrogens (tertiary/aromatic N) is 2. The maximum absolute atomic E-state index is 12.9. The fraction of sp³-hybridized carbons (Fsp3) is 0.316. The molecule has 2 aromatic rings. The number of anilines is 2. The van der Waals surface area contributed by atoms with Crippen molar-refractivity contribution in [1.82, 2.24) is 0 Å². The van der Waals surface area contributed by atoms with Gasteiger partial charge in [-0.2, -0.15) is 0 Å². The molecule has 3 rings (SSSR count). The van der Waals surface area contributed by atoms with Gasteiger partial charge < -0.3 is 10.2 Å². The van der Waals surface area contributed by atoms with Crippen LogP contribution in [0.4, 0.5) is 17.1 Å². The van der Waals surface area contributed by atoms with Gasteiger partial charge in [-0.1, -0.05) is 12.1 Å². The summed E-state index contributed by atoms with van der Waals surface area (Å²) < 4.78 is 0. The van der Waals surface area contributed by atoms with Crippen LogP contribution in [0.1, 0.15) is 34.3 Å².